The average molecular weight is 1150 g/mol. The Morgan fingerprint density at radius 2 is 0.728 bits per heavy atom. The molecular formula is C72H139NO8. The summed E-state index contributed by atoms with van der Waals surface area (Å²) in [6.45, 7) is 3.89. The summed E-state index contributed by atoms with van der Waals surface area (Å²) in [5, 5.41) is 55.0. The number of hydrogen-bond acceptors (Lipinski definition) is 8. The van der Waals surface area contributed by atoms with E-state index in [1.807, 2.05) is 0 Å². The molecule has 0 aromatic heterocycles. The third-order valence-electron chi connectivity index (χ3n) is 17.6. The van der Waals surface area contributed by atoms with E-state index in [2.05, 4.69) is 43.5 Å². The standard InChI is InChI=1S/C72H139NO8/c1-3-5-7-9-11-13-15-17-19-21-23-25-27-28-29-30-31-32-33-34-35-36-37-38-40-42-44-46-48-50-52-54-56-58-60-62-68(76)73-65(64-80-72-71(79)70(78)69(77)67(63-74)81-72)66(75)61-59-57-55-53-51-49-47-45-43-41-39-26-24-22-20-18-16-14-12-10-8-6-4-2/h15,17,21,23,65-67,69-72,74-75,77-79H,3-14,16,18-20,22,24-64H2,1-2H3,(H,73,76)/b17-15-,23-21-. The first-order chi connectivity index (χ1) is 39.8. The van der Waals surface area contributed by atoms with Crippen LogP contribution >= 0.6 is 0 Å². The van der Waals surface area contributed by atoms with Gasteiger partial charge in [0.25, 0.3) is 0 Å². The van der Waals surface area contributed by atoms with E-state index < -0.39 is 49.5 Å². The minimum absolute atomic E-state index is 0.132. The second-order valence-electron chi connectivity index (χ2n) is 25.4. The lowest BCUT2D eigenvalue weighted by Crippen LogP contribution is -2.60. The largest absolute Gasteiger partial charge is 0.394 e. The number of aliphatic hydroxyl groups is 5. The number of allylic oxidation sites excluding steroid dienone is 4. The summed E-state index contributed by atoms with van der Waals surface area (Å²) in [4.78, 5) is 13.2. The van der Waals surface area contributed by atoms with Crippen molar-refractivity contribution < 1.29 is 39.8 Å². The Morgan fingerprint density at radius 1 is 0.420 bits per heavy atom. The molecule has 7 unspecified atom stereocenters. The molecule has 0 saturated carbocycles. The number of carbonyl (C=O) groups is 1. The van der Waals surface area contributed by atoms with E-state index in [-0.39, 0.29) is 12.5 Å². The molecule has 1 fully saturated rings. The van der Waals surface area contributed by atoms with Gasteiger partial charge in [0.15, 0.2) is 6.29 Å². The Hall–Kier alpha value is -1.33. The first-order valence-electron chi connectivity index (χ1n) is 36.0. The van der Waals surface area contributed by atoms with Crippen molar-refractivity contribution in [3.63, 3.8) is 0 Å². The van der Waals surface area contributed by atoms with Gasteiger partial charge >= 0.3 is 0 Å². The van der Waals surface area contributed by atoms with Gasteiger partial charge in [0, 0.05) is 6.42 Å². The van der Waals surface area contributed by atoms with Crippen LogP contribution in [0.2, 0.25) is 0 Å². The topological polar surface area (TPSA) is 149 Å². The first-order valence-corrected chi connectivity index (χ1v) is 36.0. The smallest absolute Gasteiger partial charge is 0.220 e. The van der Waals surface area contributed by atoms with Gasteiger partial charge in [-0.05, 0) is 44.9 Å². The quantitative estimate of drug-likeness (QED) is 0.0261. The Kier molecular flexibility index (Phi) is 59.2. The molecule has 1 heterocycles. The van der Waals surface area contributed by atoms with Crippen LogP contribution < -0.4 is 5.32 Å². The fraction of sp³-hybridized carbons (Fsp3) is 0.931. The lowest BCUT2D eigenvalue weighted by molar-refractivity contribution is -0.302. The summed E-state index contributed by atoms with van der Waals surface area (Å²) in [5.74, 6) is -0.135. The van der Waals surface area contributed by atoms with E-state index in [9.17, 15) is 30.3 Å². The second-order valence-corrected chi connectivity index (χ2v) is 25.4. The lowest BCUT2D eigenvalue weighted by atomic mass is 9.99. The van der Waals surface area contributed by atoms with E-state index in [1.54, 1.807) is 0 Å². The summed E-state index contributed by atoms with van der Waals surface area (Å²) >= 11 is 0. The number of amides is 1. The summed E-state index contributed by atoms with van der Waals surface area (Å²) in [5.41, 5.74) is 0. The molecule has 0 radical (unpaired) electrons. The van der Waals surface area contributed by atoms with Crippen LogP contribution in [0.5, 0.6) is 0 Å². The molecule has 1 aliphatic rings. The minimum atomic E-state index is -1.55. The normalized spacial score (nSPS) is 18.4. The number of hydrogen-bond donors (Lipinski definition) is 6. The Bertz CT molecular complexity index is 1330. The Balaban J connectivity index is 2.07. The Labute approximate surface area is 502 Å². The zero-order valence-corrected chi connectivity index (χ0v) is 53.8. The third-order valence-corrected chi connectivity index (χ3v) is 17.6. The number of rotatable bonds is 64. The maximum atomic E-state index is 13.2. The van der Waals surface area contributed by atoms with Crippen molar-refractivity contribution in [2.75, 3.05) is 13.2 Å². The highest BCUT2D eigenvalue weighted by Crippen LogP contribution is 2.24. The summed E-state index contributed by atoms with van der Waals surface area (Å²) in [7, 11) is 0. The van der Waals surface area contributed by atoms with Crippen LogP contribution in [0, 0.1) is 0 Å². The molecule has 0 spiro atoms. The molecule has 81 heavy (non-hydrogen) atoms. The zero-order chi connectivity index (χ0) is 58.6. The van der Waals surface area contributed by atoms with Crippen LogP contribution in [0.15, 0.2) is 24.3 Å². The maximum Gasteiger partial charge on any atom is 0.220 e. The van der Waals surface area contributed by atoms with Crippen molar-refractivity contribution in [1.29, 1.82) is 0 Å². The van der Waals surface area contributed by atoms with Crippen LogP contribution in [0.25, 0.3) is 0 Å². The highest BCUT2D eigenvalue weighted by molar-refractivity contribution is 5.76. The van der Waals surface area contributed by atoms with Crippen molar-refractivity contribution in [1.82, 2.24) is 5.32 Å². The zero-order valence-electron chi connectivity index (χ0n) is 53.8. The Morgan fingerprint density at radius 3 is 1.06 bits per heavy atom. The van der Waals surface area contributed by atoms with Crippen LogP contribution in [-0.4, -0.2) is 87.5 Å². The first kappa shape index (κ1) is 77.7. The molecule has 1 aliphatic heterocycles. The number of aliphatic hydroxyl groups excluding tert-OH is 5. The second kappa shape index (κ2) is 61.7. The van der Waals surface area contributed by atoms with Gasteiger partial charge in [0.05, 0.1) is 25.4 Å². The molecule has 9 heteroatoms. The van der Waals surface area contributed by atoms with Crippen molar-refractivity contribution in [3.05, 3.63) is 24.3 Å². The monoisotopic (exact) mass is 1150 g/mol. The van der Waals surface area contributed by atoms with Crippen LogP contribution in [0.1, 0.15) is 373 Å². The van der Waals surface area contributed by atoms with Gasteiger partial charge < -0.3 is 40.3 Å². The molecule has 1 saturated heterocycles. The number of carbonyl (C=O) groups excluding carboxylic acids is 1. The van der Waals surface area contributed by atoms with Crippen LogP contribution in [0.3, 0.4) is 0 Å². The summed E-state index contributed by atoms with van der Waals surface area (Å²) in [6.07, 6.45) is 74.0. The van der Waals surface area contributed by atoms with E-state index >= 15 is 0 Å². The highest BCUT2D eigenvalue weighted by Gasteiger charge is 2.44. The maximum absolute atomic E-state index is 13.2. The molecular weight excluding hydrogens is 1010 g/mol. The van der Waals surface area contributed by atoms with E-state index in [1.165, 1.54) is 302 Å². The fourth-order valence-electron chi connectivity index (χ4n) is 11.9. The highest BCUT2D eigenvalue weighted by atomic mass is 16.7. The van der Waals surface area contributed by atoms with Gasteiger partial charge in [0.2, 0.25) is 5.91 Å². The molecule has 1 rings (SSSR count). The van der Waals surface area contributed by atoms with Crippen molar-refractivity contribution in [2.45, 2.75) is 416 Å². The van der Waals surface area contributed by atoms with Crippen molar-refractivity contribution >= 4 is 5.91 Å². The fourth-order valence-corrected chi connectivity index (χ4v) is 11.9. The van der Waals surface area contributed by atoms with Crippen molar-refractivity contribution in [2.24, 2.45) is 0 Å². The number of unbranched alkanes of at least 4 members (excludes halogenated alkanes) is 50. The molecule has 0 aliphatic carbocycles. The van der Waals surface area contributed by atoms with Gasteiger partial charge in [-0.15, -0.1) is 0 Å². The third kappa shape index (κ3) is 50.5. The van der Waals surface area contributed by atoms with E-state index in [0.29, 0.717) is 12.8 Å². The van der Waals surface area contributed by atoms with Crippen molar-refractivity contribution in [3.8, 4) is 0 Å². The number of ether oxygens (including phenoxy) is 2. The molecule has 1 amide bonds. The van der Waals surface area contributed by atoms with E-state index in [0.717, 1.165) is 44.9 Å². The lowest BCUT2D eigenvalue weighted by Gasteiger charge is -2.40. The van der Waals surface area contributed by atoms with Gasteiger partial charge in [-0.1, -0.05) is 346 Å². The number of nitrogens with one attached hydrogen (secondary N) is 1. The molecule has 0 aromatic carbocycles. The molecule has 0 bridgehead atoms. The molecule has 7 atom stereocenters. The van der Waals surface area contributed by atoms with Gasteiger partial charge in [0.1, 0.15) is 24.4 Å². The molecule has 9 nitrogen and oxygen atoms in total. The molecule has 6 N–H and O–H groups in total. The van der Waals surface area contributed by atoms with E-state index in [4.69, 9.17) is 9.47 Å². The summed E-state index contributed by atoms with van der Waals surface area (Å²) in [6, 6.07) is -0.717. The molecule has 480 valence electrons. The summed E-state index contributed by atoms with van der Waals surface area (Å²) < 4.78 is 11.4. The SMILES string of the molecule is CCCCCCC/C=C\C/C=C\CCCCCCCCCCCCCCCCCCCCCCCCCC(=O)NC(COC1OC(CO)C(O)C(O)C1O)C(O)CCCCCCCCCCCCCCCCCCCCCCCCC. The predicted octanol–water partition coefficient (Wildman–Crippen LogP) is 19.6. The minimum Gasteiger partial charge on any atom is -0.394 e. The predicted molar refractivity (Wildman–Crippen MR) is 346 cm³/mol. The molecule has 0 aromatic rings. The van der Waals surface area contributed by atoms with Gasteiger partial charge in [-0.3, -0.25) is 4.79 Å². The van der Waals surface area contributed by atoms with Crippen LogP contribution in [0.4, 0.5) is 0 Å². The van der Waals surface area contributed by atoms with Crippen LogP contribution in [-0.2, 0) is 14.3 Å². The average Bonchev–Trinajstić information content (AvgIpc) is 3.48. The van der Waals surface area contributed by atoms with Gasteiger partial charge in [-0.25, -0.2) is 0 Å². The van der Waals surface area contributed by atoms with Gasteiger partial charge in [-0.2, -0.15) is 0 Å².